The Morgan fingerprint density at radius 2 is 2.24 bits per heavy atom. The van der Waals surface area contributed by atoms with Crippen molar-refractivity contribution >= 4 is 17.4 Å². The molecule has 0 aromatic heterocycles. The first kappa shape index (κ1) is 15.7. The van der Waals surface area contributed by atoms with Gasteiger partial charge in [0.25, 0.3) is 0 Å². The lowest BCUT2D eigenvalue weighted by atomic mass is 10.0. The predicted octanol–water partition coefficient (Wildman–Crippen LogP) is 1.53. The molecule has 1 amide bonds. The van der Waals surface area contributed by atoms with Crippen molar-refractivity contribution in [2.75, 3.05) is 25.0 Å². The maximum absolute atomic E-state index is 12.0. The van der Waals surface area contributed by atoms with Gasteiger partial charge in [-0.25, -0.2) is 0 Å². The molecule has 1 aromatic carbocycles. The Kier molecular flexibility index (Phi) is 5.09. The summed E-state index contributed by atoms with van der Waals surface area (Å²) < 4.78 is 0. The minimum atomic E-state index is -0.328. The first-order chi connectivity index (χ1) is 9.95. The minimum absolute atomic E-state index is 0.0228. The van der Waals surface area contributed by atoms with Gasteiger partial charge in [-0.1, -0.05) is 12.1 Å². The van der Waals surface area contributed by atoms with Gasteiger partial charge in [0.1, 0.15) is 0 Å². The van der Waals surface area contributed by atoms with E-state index in [-0.39, 0.29) is 23.7 Å². The number of rotatable bonds is 5. The molecule has 2 atom stereocenters. The summed E-state index contributed by atoms with van der Waals surface area (Å²) in [5.74, 6) is 0.131. The van der Waals surface area contributed by atoms with Gasteiger partial charge in [-0.15, -0.1) is 0 Å². The number of carbonyl (C=O) groups excluding carboxylic acids is 2. The molecule has 1 aromatic rings. The van der Waals surface area contributed by atoms with Crippen molar-refractivity contribution in [3.8, 4) is 0 Å². The van der Waals surface area contributed by atoms with E-state index in [1.165, 1.54) is 6.92 Å². The lowest BCUT2D eigenvalue weighted by Gasteiger charge is -2.17. The largest absolute Gasteiger partial charge is 0.393 e. The molecule has 5 heteroatoms. The molecule has 1 heterocycles. The fraction of sp³-hybridized carbons (Fsp3) is 0.500. The lowest BCUT2D eigenvalue weighted by Crippen LogP contribution is -2.32. The van der Waals surface area contributed by atoms with E-state index < -0.39 is 0 Å². The Labute approximate surface area is 125 Å². The van der Waals surface area contributed by atoms with E-state index in [9.17, 15) is 14.7 Å². The molecule has 1 saturated heterocycles. The summed E-state index contributed by atoms with van der Waals surface area (Å²) in [7, 11) is 0. The molecule has 5 nitrogen and oxygen atoms in total. The molecule has 2 N–H and O–H groups in total. The second-order valence-electron chi connectivity index (χ2n) is 5.71. The molecule has 0 radical (unpaired) electrons. The van der Waals surface area contributed by atoms with Crippen molar-refractivity contribution in [3.05, 3.63) is 29.8 Å². The van der Waals surface area contributed by atoms with E-state index in [1.807, 2.05) is 4.90 Å². The van der Waals surface area contributed by atoms with Crippen molar-refractivity contribution in [3.63, 3.8) is 0 Å². The molecule has 0 spiro atoms. The number of carbonyl (C=O) groups is 2. The van der Waals surface area contributed by atoms with Crippen molar-refractivity contribution < 1.29 is 14.7 Å². The molecule has 0 saturated carbocycles. The Balaban J connectivity index is 1.88. The van der Waals surface area contributed by atoms with E-state index in [4.69, 9.17) is 0 Å². The van der Waals surface area contributed by atoms with Crippen molar-refractivity contribution in [2.24, 2.45) is 5.92 Å². The zero-order chi connectivity index (χ0) is 15.4. The van der Waals surface area contributed by atoms with Gasteiger partial charge < -0.3 is 10.4 Å². The van der Waals surface area contributed by atoms with Crippen LogP contribution in [-0.4, -0.2) is 47.4 Å². The highest BCUT2D eigenvalue weighted by molar-refractivity contribution is 5.97. The normalized spacial score (nSPS) is 20.2. The molecule has 114 valence electrons. The number of nitrogens with zero attached hydrogens (tertiary/aromatic N) is 1. The smallest absolute Gasteiger partial charge is 0.238 e. The Bertz CT molecular complexity index is 528. The summed E-state index contributed by atoms with van der Waals surface area (Å²) in [6.07, 6.45) is 0.593. The number of aliphatic hydroxyl groups excluding tert-OH is 1. The molecule has 1 aliphatic rings. The lowest BCUT2D eigenvalue weighted by molar-refractivity contribution is -0.117. The SMILES string of the molecule is CC(=O)c1cccc(NC(=O)CN2CCC(C(C)O)C2)c1. The van der Waals surface area contributed by atoms with Gasteiger partial charge in [0.2, 0.25) is 5.91 Å². The maximum atomic E-state index is 12.0. The Morgan fingerprint density at radius 1 is 1.48 bits per heavy atom. The number of anilines is 1. The van der Waals surface area contributed by atoms with Crippen LogP contribution in [0.25, 0.3) is 0 Å². The molecule has 2 rings (SSSR count). The van der Waals surface area contributed by atoms with Crippen LogP contribution in [-0.2, 0) is 4.79 Å². The quantitative estimate of drug-likeness (QED) is 0.807. The number of aliphatic hydroxyl groups is 1. The molecule has 1 aliphatic heterocycles. The van der Waals surface area contributed by atoms with Gasteiger partial charge in [0, 0.05) is 17.8 Å². The van der Waals surface area contributed by atoms with Crippen LogP contribution >= 0.6 is 0 Å². The number of Topliss-reactive ketones (excluding diaryl/α,β-unsaturated/α-hetero) is 1. The van der Waals surface area contributed by atoms with E-state index in [0.29, 0.717) is 17.8 Å². The highest BCUT2D eigenvalue weighted by Crippen LogP contribution is 2.19. The average molecular weight is 290 g/mol. The van der Waals surface area contributed by atoms with Crippen LogP contribution in [0.2, 0.25) is 0 Å². The van der Waals surface area contributed by atoms with Crippen LogP contribution in [0, 0.1) is 5.92 Å². The zero-order valence-electron chi connectivity index (χ0n) is 12.5. The number of hydrogen-bond acceptors (Lipinski definition) is 4. The van der Waals surface area contributed by atoms with E-state index in [0.717, 1.165) is 19.5 Å². The Morgan fingerprint density at radius 3 is 2.86 bits per heavy atom. The van der Waals surface area contributed by atoms with Crippen LogP contribution in [0.5, 0.6) is 0 Å². The third kappa shape index (κ3) is 4.37. The maximum Gasteiger partial charge on any atom is 0.238 e. The molecule has 21 heavy (non-hydrogen) atoms. The summed E-state index contributed by atoms with van der Waals surface area (Å²) in [6, 6.07) is 6.94. The number of nitrogens with one attached hydrogen (secondary N) is 1. The van der Waals surface area contributed by atoms with E-state index in [1.54, 1.807) is 31.2 Å². The third-order valence-electron chi connectivity index (χ3n) is 3.91. The average Bonchev–Trinajstić information content (AvgIpc) is 2.87. The summed E-state index contributed by atoms with van der Waals surface area (Å²) in [6.45, 7) is 5.19. The fourth-order valence-electron chi connectivity index (χ4n) is 2.62. The molecule has 0 bridgehead atoms. The highest BCUT2D eigenvalue weighted by Gasteiger charge is 2.26. The minimum Gasteiger partial charge on any atom is -0.393 e. The summed E-state index contributed by atoms with van der Waals surface area (Å²) >= 11 is 0. The Hall–Kier alpha value is -1.72. The van der Waals surface area contributed by atoms with E-state index >= 15 is 0 Å². The van der Waals surface area contributed by atoms with Gasteiger partial charge in [-0.3, -0.25) is 14.5 Å². The van der Waals surface area contributed by atoms with Gasteiger partial charge in [-0.05, 0) is 44.9 Å². The van der Waals surface area contributed by atoms with Crippen LogP contribution < -0.4 is 5.32 Å². The second-order valence-corrected chi connectivity index (χ2v) is 5.71. The second kappa shape index (κ2) is 6.83. The number of ketones is 1. The van der Waals surface area contributed by atoms with Gasteiger partial charge in [-0.2, -0.15) is 0 Å². The van der Waals surface area contributed by atoms with Gasteiger partial charge in [0.05, 0.1) is 12.6 Å². The summed E-state index contributed by atoms with van der Waals surface area (Å²) in [5.41, 5.74) is 1.22. The molecular formula is C16H22N2O3. The van der Waals surface area contributed by atoms with Crippen LogP contribution in [0.1, 0.15) is 30.6 Å². The molecule has 0 aliphatic carbocycles. The number of hydrogen-bond donors (Lipinski definition) is 2. The highest BCUT2D eigenvalue weighted by atomic mass is 16.3. The molecule has 1 fully saturated rings. The van der Waals surface area contributed by atoms with Crippen molar-refractivity contribution in [1.29, 1.82) is 0 Å². The van der Waals surface area contributed by atoms with Crippen LogP contribution in [0.4, 0.5) is 5.69 Å². The number of likely N-dealkylation sites (tertiary alicyclic amines) is 1. The zero-order valence-corrected chi connectivity index (χ0v) is 12.5. The van der Waals surface area contributed by atoms with Crippen LogP contribution in [0.15, 0.2) is 24.3 Å². The number of benzene rings is 1. The first-order valence-electron chi connectivity index (χ1n) is 7.27. The molecular weight excluding hydrogens is 268 g/mol. The predicted molar refractivity (Wildman–Crippen MR) is 81.3 cm³/mol. The van der Waals surface area contributed by atoms with Gasteiger partial charge >= 0.3 is 0 Å². The van der Waals surface area contributed by atoms with Crippen LogP contribution in [0.3, 0.4) is 0 Å². The van der Waals surface area contributed by atoms with E-state index in [2.05, 4.69) is 5.32 Å². The standard InChI is InChI=1S/C16H22N2O3/c1-11(19)13-4-3-5-15(8-13)17-16(21)10-18-7-6-14(9-18)12(2)20/h3-5,8,12,14,20H,6-7,9-10H2,1-2H3,(H,17,21). The van der Waals surface area contributed by atoms with Crippen molar-refractivity contribution in [2.45, 2.75) is 26.4 Å². The van der Waals surface area contributed by atoms with Gasteiger partial charge in [0.15, 0.2) is 5.78 Å². The third-order valence-corrected chi connectivity index (χ3v) is 3.91. The number of amides is 1. The first-order valence-corrected chi connectivity index (χ1v) is 7.27. The monoisotopic (exact) mass is 290 g/mol. The molecule has 2 unspecified atom stereocenters. The van der Waals surface area contributed by atoms with Crippen molar-refractivity contribution in [1.82, 2.24) is 4.90 Å². The summed E-state index contributed by atoms with van der Waals surface area (Å²) in [4.78, 5) is 25.4. The topological polar surface area (TPSA) is 69.6 Å². The summed E-state index contributed by atoms with van der Waals surface area (Å²) in [5, 5.41) is 12.4. The fourth-order valence-corrected chi connectivity index (χ4v) is 2.62.